The van der Waals surface area contributed by atoms with Crippen LogP contribution in [0.4, 0.5) is 10.1 Å². The van der Waals surface area contributed by atoms with E-state index in [9.17, 15) is 19.6 Å². The minimum Gasteiger partial charge on any atom is -0.393 e. The normalized spacial score (nSPS) is 14.6. The zero-order chi connectivity index (χ0) is 12.5. The summed E-state index contributed by atoms with van der Waals surface area (Å²) in [6.07, 6.45) is -0.766. The molecule has 4 nitrogen and oxygen atoms in total. The van der Waals surface area contributed by atoms with E-state index < -0.39 is 22.8 Å². The number of hydrogen-bond acceptors (Lipinski definition) is 3. The number of nitrogens with zero attached hydrogens (tertiary/aromatic N) is 1. The standard InChI is InChI=1S/C10H11FINO3/c1-5(6(2)14)7-3-8(11)9(12)4-10(7)13(15)16/h3-6,14H,1-2H3. The lowest BCUT2D eigenvalue weighted by atomic mass is 9.95. The van der Waals surface area contributed by atoms with Gasteiger partial charge in [0.15, 0.2) is 0 Å². The number of benzene rings is 1. The Labute approximate surface area is 106 Å². The second-order valence-electron chi connectivity index (χ2n) is 3.61. The average Bonchev–Trinajstić information content (AvgIpc) is 2.19. The van der Waals surface area contributed by atoms with Crippen LogP contribution in [-0.4, -0.2) is 16.1 Å². The van der Waals surface area contributed by atoms with Crippen molar-refractivity contribution in [2.45, 2.75) is 25.9 Å². The van der Waals surface area contributed by atoms with E-state index >= 15 is 0 Å². The molecule has 0 amide bonds. The lowest BCUT2D eigenvalue weighted by molar-refractivity contribution is -0.385. The summed E-state index contributed by atoms with van der Waals surface area (Å²) in [4.78, 5) is 10.3. The van der Waals surface area contributed by atoms with Crippen molar-refractivity contribution in [1.29, 1.82) is 0 Å². The highest BCUT2D eigenvalue weighted by molar-refractivity contribution is 14.1. The highest BCUT2D eigenvalue weighted by Gasteiger charge is 2.24. The van der Waals surface area contributed by atoms with E-state index in [0.29, 0.717) is 0 Å². The summed E-state index contributed by atoms with van der Waals surface area (Å²) >= 11 is 1.70. The summed E-state index contributed by atoms with van der Waals surface area (Å²) in [6, 6.07) is 2.31. The Morgan fingerprint density at radius 2 is 2.06 bits per heavy atom. The predicted octanol–water partition coefficient (Wildman–Crippen LogP) is 2.82. The van der Waals surface area contributed by atoms with E-state index in [2.05, 4.69) is 0 Å². The number of nitro benzene ring substituents is 1. The van der Waals surface area contributed by atoms with Gasteiger partial charge in [0, 0.05) is 17.5 Å². The van der Waals surface area contributed by atoms with Crippen molar-refractivity contribution in [3.05, 3.63) is 37.2 Å². The molecule has 0 aliphatic carbocycles. The number of halogens is 2. The molecule has 1 rings (SSSR count). The number of rotatable bonds is 3. The molecule has 0 bridgehead atoms. The maximum absolute atomic E-state index is 13.3. The number of nitro groups is 1. The molecule has 1 aromatic rings. The van der Waals surface area contributed by atoms with Crippen LogP contribution in [0, 0.1) is 19.5 Å². The van der Waals surface area contributed by atoms with Crippen LogP contribution in [-0.2, 0) is 0 Å². The van der Waals surface area contributed by atoms with Gasteiger partial charge in [0.2, 0.25) is 0 Å². The Morgan fingerprint density at radius 3 is 2.50 bits per heavy atom. The molecular weight excluding hydrogens is 328 g/mol. The maximum atomic E-state index is 13.3. The molecule has 0 fully saturated rings. The zero-order valence-electron chi connectivity index (χ0n) is 8.78. The molecule has 0 heterocycles. The summed E-state index contributed by atoms with van der Waals surface area (Å²) in [5.74, 6) is -0.986. The predicted molar refractivity (Wildman–Crippen MR) is 65.9 cm³/mol. The number of aliphatic hydroxyl groups is 1. The van der Waals surface area contributed by atoms with Crippen molar-refractivity contribution in [2.75, 3.05) is 0 Å². The molecule has 0 aromatic heterocycles. The molecule has 0 saturated carbocycles. The monoisotopic (exact) mass is 339 g/mol. The topological polar surface area (TPSA) is 63.4 Å². The molecule has 0 aliphatic heterocycles. The van der Waals surface area contributed by atoms with Crippen LogP contribution in [0.1, 0.15) is 25.3 Å². The third-order valence-corrected chi connectivity index (χ3v) is 3.31. The molecule has 1 aromatic carbocycles. The summed E-state index contributed by atoms with van der Waals surface area (Å²) in [6.45, 7) is 3.14. The molecule has 1 N–H and O–H groups in total. The third-order valence-electron chi connectivity index (χ3n) is 2.48. The van der Waals surface area contributed by atoms with Crippen molar-refractivity contribution in [2.24, 2.45) is 0 Å². The molecule has 6 heteroatoms. The quantitative estimate of drug-likeness (QED) is 0.523. The third kappa shape index (κ3) is 2.67. The highest BCUT2D eigenvalue weighted by Crippen LogP contribution is 2.31. The Morgan fingerprint density at radius 1 is 1.50 bits per heavy atom. The first-order valence-electron chi connectivity index (χ1n) is 4.66. The van der Waals surface area contributed by atoms with Crippen LogP contribution >= 0.6 is 22.6 Å². The van der Waals surface area contributed by atoms with Gasteiger partial charge in [0.1, 0.15) is 5.82 Å². The Balaban J connectivity index is 3.36. The molecule has 0 aliphatic rings. The first-order chi connectivity index (χ1) is 7.34. The first kappa shape index (κ1) is 13.3. The van der Waals surface area contributed by atoms with Crippen LogP contribution in [0.25, 0.3) is 0 Å². The number of hydrogen-bond donors (Lipinski definition) is 1. The van der Waals surface area contributed by atoms with Gasteiger partial charge < -0.3 is 5.11 Å². The van der Waals surface area contributed by atoms with E-state index in [-0.39, 0.29) is 14.8 Å². The van der Waals surface area contributed by atoms with E-state index in [1.807, 2.05) is 0 Å². The van der Waals surface area contributed by atoms with Gasteiger partial charge in [-0.1, -0.05) is 6.92 Å². The van der Waals surface area contributed by atoms with Crippen molar-refractivity contribution in [1.82, 2.24) is 0 Å². The average molecular weight is 339 g/mol. The van der Waals surface area contributed by atoms with E-state index in [1.165, 1.54) is 13.0 Å². The smallest absolute Gasteiger partial charge is 0.274 e. The van der Waals surface area contributed by atoms with Gasteiger partial charge in [-0.05, 0) is 35.6 Å². The van der Waals surface area contributed by atoms with Crippen LogP contribution in [0.15, 0.2) is 12.1 Å². The molecule has 88 valence electrons. The zero-order valence-corrected chi connectivity index (χ0v) is 10.9. The van der Waals surface area contributed by atoms with Gasteiger partial charge in [0.25, 0.3) is 5.69 Å². The van der Waals surface area contributed by atoms with E-state index in [4.69, 9.17) is 0 Å². The second kappa shape index (κ2) is 5.05. The van der Waals surface area contributed by atoms with Gasteiger partial charge in [-0.25, -0.2) is 4.39 Å². The molecule has 2 unspecified atom stereocenters. The van der Waals surface area contributed by atoms with Gasteiger partial charge >= 0.3 is 0 Å². The lowest BCUT2D eigenvalue weighted by Gasteiger charge is -2.15. The molecule has 0 spiro atoms. The number of aliphatic hydroxyl groups excluding tert-OH is 1. The lowest BCUT2D eigenvalue weighted by Crippen LogP contribution is -2.13. The molecule has 0 saturated heterocycles. The van der Waals surface area contributed by atoms with Crippen molar-refractivity contribution in [3.63, 3.8) is 0 Å². The summed E-state index contributed by atoms with van der Waals surface area (Å²) in [5, 5.41) is 20.2. The Kier molecular flexibility index (Phi) is 4.20. The van der Waals surface area contributed by atoms with Gasteiger partial charge in [-0.3, -0.25) is 10.1 Å². The van der Waals surface area contributed by atoms with Gasteiger partial charge in [0.05, 0.1) is 14.6 Å². The SMILES string of the molecule is CC(O)C(C)c1cc(F)c(I)cc1[N+](=O)[O-]. The van der Waals surface area contributed by atoms with Crippen molar-refractivity contribution < 1.29 is 14.4 Å². The van der Waals surface area contributed by atoms with Crippen molar-refractivity contribution in [3.8, 4) is 0 Å². The van der Waals surface area contributed by atoms with Gasteiger partial charge in [-0.15, -0.1) is 0 Å². The Bertz CT molecular complexity index is 423. The fraction of sp³-hybridized carbons (Fsp3) is 0.400. The molecular formula is C10H11FINO3. The van der Waals surface area contributed by atoms with Gasteiger partial charge in [-0.2, -0.15) is 0 Å². The van der Waals surface area contributed by atoms with Crippen LogP contribution in [0.2, 0.25) is 0 Å². The fourth-order valence-electron chi connectivity index (χ4n) is 1.33. The minimum atomic E-state index is -0.766. The minimum absolute atomic E-state index is 0.154. The largest absolute Gasteiger partial charge is 0.393 e. The molecule has 0 radical (unpaired) electrons. The van der Waals surface area contributed by atoms with Crippen LogP contribution in [0.5, 0.6) is 0 Å². The van der Waals surface area contributed by atoms with Crippen LogP contribution < -0.4 is 0 Å². The second-order valence-corrected chi connectivity index (χ2v) is 4.77. The molecule has 16 heavy (non-hydrogen) atoms. The van der Waals surface area contributed by atoms with E-state index in [1.54, 1.807) is 29.5 Å². The Hall–Kier alpha value is -0.760. The maximum Gasteiger partial charge on any atom is 0.274 e. The van der Waals surface area contributed by atoms with Crippen molar-refractivity contribution >= 4 is 28.3 Å². The highest BCUT2D eigenvalue weighted by atomic mass is 127. The molecule has 2 atom stereocenters. The summed E-state index contributed by atoms with van der Waals surface area (Å²) < 4.78 is 13.5. The first-order valence-corrected chi connectivity index (χ1v) is 5.74. The van der Waals surface area contributed by atoms with Crippen LogP contribution in [0.3, 0.4) is 0 Å². The summed E-state index contributed by atoms with van der Waals surface area (Å²) in [5.41, 5.74) is 0.0668. The summed E-state index contributed by atoms with van der Waals surface area (Å²) in [7, 11) is 0. The fourth-order valence-corrected chi connectivity index (χ4v) is 1.79. The van der Waals surface area contributed by atoms with E-state index in [0.717, 1.165) is 6.07 Å².